The first-order valence-electron chi connectivity index (χ1n) is 13.6. The van der Waals surface area contributed by atoms with E-state index in [1.807, 2.05) is 22.6 Å². The van der Waals surface area contributed by atoms with Gasteiger partial charge in [0, 0.05) is 58.6 Å². The number of piperidine rings is 1. The maximum absolute atomic E-state index is 12.7. The van der Waals surface area contributed by atoms with E-state index >= 15 is 0 Å². The first-order valence-corrected chi connectivity index (χ1v) is 17.3. The summed E-state index contributed by atoms with van der Waals surface area (Å²) in [6.45, 7) is 11.1. The van der Waals surface area contributed by atoms with E-state index in [1.165, 1.54) is 0 Å². The van der Waals surface area contributed by atoms with Crippen LogP contribution in [0.2, 0.25) is 25.7 Å². The Kier molecular flexibility index (Phi) is 9.26. The molecule has 0 saturated carbocycles. The largest absolute Gasteiger partial charge is 0.508 e. The lowest BCUT2D eigenvalue weighted by atomic mass is 10.1. The van der Waals surface area contributed by atoms with Crippen molar-refractivity contribution in [3.63, 3.8) is 0 Å². The number of primary amides is 1. The summed E-state index contributed by atoms with van der Waals surface area (Å²) in [6, 6.07) is 9.41. The van der Waals surface area contributed by atoms with E-state index in [0.717, 1.165) is 17.4 Å². The summed E-state index contributed by atoms with van der Waals surface area (Å²) in [5, 5.41) is 9.43. The number of ether oxygens (including phenoxy) is 2. The van der Waals surface area contributed by atoms with Crippen molar-refractivity contribution in [1.82, 2.24) is 19.4 Å². The summed E-state index contributed by atoms with van der Waals surface area (Å²) < 4.78 is 13.9. The molecule has 3 aromatic rings. The zero-order chi connectivity index (χ0) is 28.9. The summed E-state index contributed by atoms with van der Waals surface area (Å²) in [6.07, 6.45) is 4.84. The van der Waals surface area contributed by atoms with E-state index in [9.17, 15) is 14.7 Å². The van der Waals surface area contributed by atoms with E-state index < -0.39 is 14.0 Å². The third-order valence-corrected chi connectivity index (χ3v) is 8.68. The lowest BCUT2D eigenvalue weighted by molar-refractivity contribution is -0.132. The van der Waals surface area contributed by atoms with Crippen LogP contribution in [0.5, 0.6) is 11.6 Å². The van der Waals surface area contributed by atoms with E-state index in [2.05, 4.69) is 29.6 Å². The highest BCUT2D eigenvalue weighted by atomic mass is 28.3. The maximum Gasteiger partial charge on any atom is 0.254 e. The van der Waals surface area contributed by atoms with E-state index in [0.29, 0.717) is 50.5 Å². The minimum atomic E-state index is -1.16. The molecule has 0 unspecified atom stereocenters. The zero-order valence-corrected chi connectivity index (χ0v) is 24.7. The molecule has 10 nitrogen and oxygen atoms in total. The molecule has 3 N–H and O–H groups in total. The molecule has 0 radical (unpaired) electrons. The molecule has 40 heavy (non-hydrogen) atoms. The molecule has 1 fully saturated rings. The number of imidazole rings is 1. The van der Waals surface area contributed by atoms with Crippen LogP contribution < -0.4 is 10.5 Å². The molecular formula is C29H39N5O5Si. The van der Waals surface area contributed by atoms with Gasteiger partial charge in [-0.05, 0) is 36.7 Å². The van der Waals surface area contributed by atoms with Crippen LogP contribution in [0.1, 0.15) is 34.6 Å². The second-order valence-electron chi connectivity index (χ2n) is 11.5. The molecule has 2 amide bonds. The highest BCUT2D eigenvalue weighted by Crippen LogP contribution is 2.27. The number of phenolic OH excluding ortho intramolecular Hbond substituents is 1. The Hall–Kier alpha value is -3.70. The van der Waals surface area contributed by atoms with Crippen LogP contribution >= 0.6 is 0 Å². The number of hydrogen-bond donors (Lipinski definition) is 2. The molecule has 3 heterocycles. The number of hydrogen-bond acceptors (Lipinski definition) is 7. The van der Waals surface area contributed by atoms with Gasteiger partial charge in [-0.25, -0.2) is 9.97 Å². The van der Waals surface area contributed by atoms with Crippen molar-refractivity contribution in [3.8, 4) is 22.9 Å². The minimum absolute atomic E-state index is 0.0284. The van der Waals surface area contributed by atoms with E-state index in [1.54, 1.807) is 36.5 Å². The quantitative estimate of drug-likeness (QED) is 0.265. The van der Waals surface area contributed by atoms with Crippen molar-refractivity contribution in [2.45, 2.75) is 64.7 Å². The number of likely N-dealkylation sites (tertiary alicyclic amines) is 1. The highest BCUT2D eigenvalue weighted by molar-refractivity contribution is 6.76. The van der Waals surface area contributed by atoms with Gasteiger partial charge >= 0.3 is 0 Å². The standard InChI is InChI=1S/C29H39N5O5Si/c1-20-32-26(18-34(20)19-38-13-14-40(2,3)4)22-16-25(28(30)37)29(31-17-22)39-24-9-11-33(12-10-24)27(36)15-21-5-7-23(35)8-6-21/h5-8,16-18,24,35H,9-15,19H2,1-4H3,(H2,30,37). The Labute approximate surface area is 236 Å². The van der Waals surface area contributed by atoms with Gasteiger partial charge in [-0.2, -0.15) is 0 Å². The summed E-state index contributed by atoms with van der Waals surface area (Å²) in [4.78, 5) is 35.9. The lowest BCUT2D eigenvalue weighted by Crippen LogP contribution is -2.42. The molecule has 0 bridgehead atoms. The number of pyridine rings is 1. The predicted octanol–water partition coefficient (Wildman–Crippen LogP) is 3.98. The summed E-state index contributed by atoms with van der Waals surface area (Å²) >= 11 is 0. The average molecular weight is 566 g/mol. The Bertz CT molecular complexity index is 1330. The third kappa shape index (κ3) is 7.92. The Balaban J connectivity index is 1.35. The third-order valence-electron chi connectivity index (χ3n) is 6.98. The number of phenols is 1. The van der Waals surface area contributed by atoms with Gasteiger partial charge < -0.3 is 29.8 Å². The van der Waals surface area contributed by atoms with E-state index in [4.69, 9.17) is 15.2 Å². The molecule has 0 atom stereocenters. The monoisotopic (exact) mass is 565 g/mol. The van der Waals surface area contributed by atoms with Gasteiger partial charge in [0.05, 0.1) is 12.1 Å². The van der Waals surface area contributed by atoms with Gasteiger partial charge in [0.25, 0.3) is 5.91 Å². The molecule has 0 aliphatic carbocycles. The number of rotatable bonds is 11. The molecule has 11 heteroatoms. The van der Waals surface area contributed by atoms with Gasteiger partial charge in [0.2, 0.25) is 11.8 Å². The number of benzene rings is 1. The number of aromatic nitrogens is 3. The van der Waals surface area contributed by atoms with Crippen molar-refractivity contribution < 1.29 is 24.2 Å². The number of nitrogens with zero attached hydrogens (tertiary/aromatic N) is 4. The number of carbonyl (C=O) groups excluding carboxylic acids is 2. The molecule has 1 aliphatic rings. The highest BCUT2D eigenvalue weighted by Gasteiger charge is 2.26. The number of amides is 2. The molecule has 214 valence electrons. The van der Waals surface area contributed by atoms with Gasteiger partial charge in [-0.3, -0.25) is 9.59 Å². The lowest BCUT2D eigenvalue weighted by Gasteiger charge is -2.32. The Morgan fingerprint density at radius 1 is 1.15 bits per heavy atom. The normalized spacial score (nSPS) is 14.3. The fraction of sp³-hybridized carbons (Fsp3) is 0.448. The molecule has 1 saturated heterocycles. The van der Waals surface area contributed by atoms with Crippen molar-refractivity contribution >= 4 is 19.9 Å². The molecule has 1 aromatic carbocycles. The SMILES string of the molecule is Cc1nc(-c2cnc(OC3CCN(C(=O)Cc4ccc(O)cc4)CC3)c(C(N)=O)c2)cn1COCC[Si](C)(C)C. The van der Waals surface area contributed by atoms with Crippen molar-refractivity contribution in [1.29, 1.82) is 0 Å². The summed E-state index contributed by atoms with van der Waals surface area (Å²) in [7, 11) is -1.16. The van der Waals surface area contributed by atoms with Gasteiger partial charge in [-0.1, -0.05) is 31.8 Å². The Morgan fingerprint density at radius 2 is 1.85 bits per heavy atom. The number of carbonyl (C=O) groups is 2. The molecular weight excluding hydrogens is 526 g/mol. The van der Waals surface area contributed by atoms with Crippen LogP contribution in [0.3, 0.4) is 0 Å². The van der Waals surface area contributed by atoms with Crippen LogP contribution in [-0.2, 0) is 22.7 Å². The van der Waals surface area contributed by atoms with Gasteiger partial charge in [0.1, 0.15) is 30.0 Å². The van der Waals surface area contributed by atoms with Crippen LogP contribution in [0.4, 0.5) is 0 Å². The first kappa shape index (κ1) is 29.3. The summed E-state index contributed by atoms with van der Waals surface area (Å²) in [5.41, 5.74) is 8.08. The second-order valence-corrected chi connectivity index (χ2v) is 17.1. The van der Waals surface area contributed by atoms with Crippen molar-refractivity contribution in [2.75, 3.05) is 19.7 Å². The minimum Gasteiger partial charge on any atom is -0.508 e. The number of nitrogens with two attached hydrogens (primary N) is 1. The topological polar surface area (TPSA) is 133 Å². The average Bonchev–Trinajstić information content (AvgIpc) is 3.28. The summed E-state index contributed by atoms with van der Waals surface area (Å²) in [5.74, 6) is 0.567. The second kappa shape index (κ2) is 12.6. The fourth-order valence-corrected chi connectivity index (χ4v) is 5.22. The predicted molar refractivity (Wildman–Crippen MR) is 155 cm³/mol. The number of aryl methyl sites for hydroxylation is 1. The fourth-order valence-electron chi connectivity index (χ4n) is 4.46. The molecule has 4 rings (SSSR count). The van der Waals surface area contributed by atoms with Crippen LogP contribution in [-0.4, -0.2) is 70.2 Å². The molecule has 0 spiro atoms. The van der Waals surface area contributed by atoms with Crippen molar-refractivity contribution in [2.24, 2.45) is 5.73 Å². The maximum atomic E-state index is 12.7. The smallest absolute Gasteiger partial charge is 0.254 e. The van der Waals surface area contributed by atoms with Crippen molar-refractivity contribution in [3.05, 3.63) is 59.7 Å². The van der Waals surface area contributed by atoms with Gasteiger partial charge in [-0.15, -0.1) is 0 Å². The van der Waals surface area contributed by atoms with Crippen LogP contribution in [0.25, 0.3) is 11.3 Å². The van der Waals surface area contributed by atoms with E-state index in [-0.39, 0.29) is 35.6 Å². The van der Waals surface area contributed by atoms with Gasteiger partial charge in [0.15, 0.2) is 0 Å². The van der Waals surface area contributed by atoms with Crippen LogP contribution in [0, 0.1) is 6.92 Å². The first-order chi connectivity index (χ1) is 19.0. The molecule has 1 aliphatic heterocycles. The zero-order valence-electron chi connectivity index (χ0n) is 23.7. The van der Waals surface area contributed by atoms with Crippen LogP contribution in [0.15, 0.2) is 42.7 Å². The number of aromatic hydroxyl groups is 1. The molecule has 2 aromatic heterocycles. The Morgan fingerprint density at radius 3 is 2.50 bits per heavy atom.